The minimum atomic E-state index is -4.46. The number of rotatable bonds is 6. The Morgan fingerprint density at radius 1 is 1.26 bits per heavy atom. The summed E-state index contributed by atoms with van der Waals surface area (Å²) >= 11 is 0. The number of hydrogen-bond acceptors (Lipinski definition) is 2. The number of halogens is 3. The van der Waals surface area contributed by atoms with Gasteiger partial charge in [0, 0.05) is 6.61 Å². The lowest BCUT2D eigenvalue weighted by Crippen LogP contribution is -2.41. The Morgan fingerprint density at radius 2 is 1.74 bits per heavy atom. The molecule has 0 rings (SSSR count). The van der Waals surface area contributed by atoms with Crippen LogP contribution in [0.25, 0.3) is 0 Å². The molecule has 114 valence electrons. The zero-order chi connectivity index (χ0) is 15.5. The predicted octanol–water partition coefficient (Wildman–Crippen LogP) is 4.05. The Kier molecular flexibility index (Phi) is 6.07. The molecule has 0 radical (unpaired) electrons. The summed E-state index contributed by atoms with van der Waals surface area (Å²) in [6.07, 6.45) is -5.87. The highest BCUT2D eigenvalue weighted by Crippen LogP contribution is 2.37. The normalized spacial score (nSPS) is 15.4. The summed E-state index contributed by atoms with van der Waals surface area (Å²) in [7, 11) is -2.04. The maximum absolute atomic E-state index is 12.2. The molecule has 0 amide bonds. The highest BCUT2D eigenvalue weighted by Gasteiger charge is 2.38. The van der Waals surface area contributed by atoms with Crippen LogP contribution in [0.1, 0.15) is 33.6 Å². The molecule has 0 bridgehead atoms. The van der Waals surface area contributed by atoms with Gasteiger partial charge in [-0.1, -0.05) is 20.8 Å². The van der Waals surface area contributed by atoms with Crippen molar-refractivity contribution in [2.24, 2.45) is 5.92 Å². The van der Waals surface area contributed by atoms with Crippen molar-refractivity contribution in [3.63, 3.8) is 0 Å². The fourth-order valence-electron chi connectivity index (χ4n) is 1.27. The first-order valence-electron chi connectivity index (χ1n) is 6.20. The quantitative estimate of drug-likeness (QED) is 0.753. The molecule has 0 heterocycles. The van der Waals surface area contributed by atoms with Gasteiger partial charge in [0.15, 0.2) is 8.32 Å². The molecule has 7 heteroatoms. The van der Waals surface area contributed by atoms with Crippen LogP contribution in [0.15, 0.2) is 0 Å². The molecular weight excluding hydrogens is 277 g/mol. The summed E-state index contributed by atoms with van der Waals surface area (Å²) in [5.41, 5.74) is 0. The Bertz CT molecular complexity index is 308. The van der Waals surface area contributed by atoms with Gasteiger partial charge in [0.25, 0.3) is 0 Å². The minimum Gasteiger partial charge on any atom is -0.481 e. The van der Waals surface area contributed by atoms with Crippen LogP contribution < -0.4 is 0 Å². The van der Waals surface area contributed by atoms with Crippen molar-refractivity contribution in [2.75, 3.05) is 6.61 Å². The first kappa shape index (κ1) is 18.4. The van der Waals surface area contributed by atoms with Gasteiger partial charge in [-0.2, -0.15) is 13.2 Å². The van der Waals surface area contributed by atoms with Crippen LogP contribution in [0.5, 0.6) is 0 Å². The third-order valence-electron chi connectivity index (χ3n) is 3.56. The average Bonchev–Trinajstić information content (AvgIpc) is 2.11. The van der Waals surface area contributed by atoms with Gasteiger partial charge in [-0.05, 0) is 24.6 Å². The van der Waals surface area contributed by atoms with Crippen molar-refractivity contribution >= 4 is 14.3 Å². The SMILES string of the molecule is CC(C)(C)[Si](C)(C)OCCC(CC(F)(F)F)C(=O)O. The molecule has 1 N–H and O–H groups in total. The molecule has 0 aliphatic rings. The number of aliphatic carboxylic acids is 1. The van der Waals surface area contributed by atoms with Gasteiger partial charge in [0.1, 0.15) is 0 Å². The molecule has 0 saturated carbocycles. The van der Waals surface area contributed by atoms with Gasteiger partial charge in [-0.15, -0.1) is 0 Å². The third-order valence-corrected chi connectivity index (χ3v) is 8.10. The van der Waals surface area contributed by atoms with Crippen LogP contribution >= 0.6 is 0 Å². The summed E-state index contributed by atoms with van der Waals surface area (Å²) in [6.45, 7) is 10.1. The molecule has 3 nitrogen and oxygen atoms in total. The Labute approximate surface area is 113 Å². The average molecular weight is 300 g/mol. The fraction of sp³-hybridized carbons (Fsp3) is 0.917. The van der Waals surface area contributed by atoms with Gasteiger partial charge in [-0.3, -0.25) is 4.79 Å². The van der Waals surface area contributed by atoms with Crippen LogP contribution in [-0.2, 0) is 9.22 Å². The number of hydrogen-bond donors (Lipinski definition) is 1. The fourth-order valence-corrected chi connectivity index (χ4v) is 2.33. The van der Waals surface area contributed by atoms with E-state index in [0.29, 0.717) is 0 Å². The molecule has 0 aliphatic carbocycles. The third kappa shape index (κ3) is 6.96. The molecule has 19 heavy (non-hydrogen) atoms. The molecule has 0 aliphatic heterocycles. The van der Waals surface area contributed by atoms with E-state index in [0.717, 1.165) is 0 Å². The van der Waals surface area contributed by atoms with E-state index < -0.39 is 32.8 Å². The molecule has 0 aromatic heterocycles. The van der Waals surface area contributed by atoms with Gasteiger partial charge in [0.2, 0.25) is 0 Å². The van der Waals surface area contributed by atoms with Crippen LogP contribution in [0, 0.1) is 5.92 Å². The second-order valence-electron chi connectivity index (χ2n) is 6.25. The van der Waals surface area contributed by atoms with E-state index in [-0.39, 0.29) is 18.1 Å². The number of carboxylic acids is 1. The predicted molar refractivity (Wildman–Crippen MR) is 69.6 cm³/mol. The highest BCUT2D eigenvalue weighted by atomic mass is 28.4. The van der Waals surface area contributed by atoms with E-state index in [4.69, 9.17) is 9.53 Å². The summed E-state index contributed by atoms with van der Waals surface area (Å²) in [5.74, 6) is -2.85. The standard InChI is InChI=1S/C12H23F3O3Si/c1-11(2,3)19(4,5)18-7-6-9(10(16)17)8-12(13,14)15/h9H,6-8H2,1-5H3,(H,16,17). The summed E-state index contributed by atoms with van der Waals surface area (Å²) in [6, 6.07) is 0. The monoisotopic (exact) mass is 300 g/mol. The highest BCUT2D eigenvalue weighted by molar-refractivity contribution is 6.74. The summed E-state index contributed by atoms with van der Waals surface area (Å²) < 4.78 is 42.4. The molecule has 0 fully saturated rings. The molecule has 0 saturated heterocycles. The lowest BCUT2D eigenvalue weighted by Gasteiger charge is -2.36. The topological polar surface area (TPSA) is 46.5 Å². The molecule has 1 atom stereocenters. The zero-order valence-electron chi connectivity index (χ0n) is 12.1. The van der Waals surface area contributed by atoms with Gasteiger partial charge in [0.05, 0.1) is 12.3 Å². The minimum absolute atomic E-state index is 0.0459. The van der Waals surface area contributed by atoms with E-state index in [1.54, 1.807) is 0 Å². The van der Waals surface area contributed by atoms with Crippen LogP contribution in [-0.4, -0.2) is 32.2 Å². The zero-order valence-corrected chi connectivity index (χ0v) is 13.1. The van der Waals surface area contributed by atoms with E-state index in [1.807, 2.05) is 33.9 Å². The first-order valence-corrected chi connectivity index (χ1v) is 9.10. The number of alkyl halides is 3. The van der Waals surface area contributed by atoms with E-state index in [9.17, 15) is 18.0 Å². The molecule has 0 spiro atoms. The molecule has 1 unspecified atom stereocenters. The number of carbonyl (C=O) groups is 1. The first-order chi connectivity index (χ1) is 8.26. The van der Waals surface area contributed by atoms with Crippen LogP contribution in [0.2, 0.25) is 18.1 Å². The lowest BCUT2D eigenvalue weighted by atomic mass is 10.0. The van der Waals surface area contributed by atoms with Crippen molar-refractivity contribution in [3.8, 4) is 0 Å². The number of carboxylic acid groups (broad SMARTS) is 1. The van der Waals surface area contributed by atoms with Crippen LogP contribution in [0.3, 0.4) is 0 Å². The maximum atomic E-state index is 12.2. The Morgan fingerprint density at radius 3 is 2.05 bits per heavy atom. The van der Waals surface area contributed by atoms with Crippen molar-refractivity contribution < 1.29 is 27.5 Å². The van der Waals surface area contributed by atoms with E-state index in [1.165, 1.54) is 0 Å². The van der Waals surface area contributed by atoms with E-state index in [2.05, 4.69) is 0 Å². The summed E-state index contributed by atoms with van der Waals surface area (Å²) in [4.78, 5) is 10.8. The summed E-state index contributed by atoms with van der Waals surface area (Å²) in [5, 5.41) is 8.74. The molecular formula is C12H23F3O3Si. The van der Waals surface area contributed by atoms with Gasteiger partial charge < -0.3 is 9.53 Å². The van der Waals surface area contributed by atoms with Crippen molar-refractivity contribution in [3.05, 3.63) is 0 Å². The van der Waals surface area contributed by atoms with Crippen LogP contribution in [0.4, 0.5) is 13.2 Å². The van der Waals surface area contributed by atoms with Gasteiger partial charge in [-0.25, -0.2) is 0 Å². The molecule has 0 aromatic carbocycles. The van der Waals surface area contributed by atoms with Crippen molar-refractivity contribution in [1.82, 2.24) is 0 Å². The van der Waals surface area contributed by atoms with Crippen molar-refractivity contribution in [1.29, 1.82) is 0 Å². The second-order valence-corrected chi connectivity index (χ2v) is 11.1. The largest absolute Gasteiger partial charge is 0.481 e. The van der Waals surface area contributed by atoms with Gasteiger partial charge >= 0.3 is 12.1 Å². The smallest absolute Gasteiger partial charge is 0.389 e. The molecule has 0 aromatic rings. The van der Waals surface area contributed by atoms with E-state index >= 15 is 0 Å². The lowest BCUT2D eigenvalue weighted by molar-refractivity contribution is -0.164. The second kappa shape index (κ2) is 6.26. The Hall–Kier alpha value is -0.563. The van der Waals surface area contributed by atoms with Crippen molar-refractivity contribution in [2.45, 2.75) is 57.9 Å². The Balaban J connectivity index is 4.40. The maximum Gasteiger partial charge on any atom is 0.389 e.